The van der Waals surface area contributed by atoms with E-state index in [0.29, 0.717) is 0 Å². The van der Waals surface area contributed by atoms with E-state index in [0.717, 1.165) is 77.8 Å². The monoisotopic (exact) mass is 1000 g/mol. The summed E-state index contributed by atoms with van der Waals surface area (Å²) < 4.78 is 2.34. The van der Waals surface area contributed by atoms with Gasteiger partial charge in [-0.3, -0.25) is 4.57 Å². The topological polar surface area (TPSA) is 43.6 Å². The Morgan fingerprint density at radius 3 is 1.34 bits per heavy atom. The maximum Gasteiger partial charge on any atom is 0.145 e. The lowest BCUT2D eigenvalue weighted by Crippen LogP contribution is -2.00. The third kappa shape index (κ3) is 7.41. The highest BCUT2D eigenvalue weighted by Gasteiger charge is 2.22. The molecule has 0 N–H and O–H groups in total. The normalized spacial score (nSPS) is 11.8. The molecule has 0 aliphatic carbocycles. The zero-order chi connectivity index (χ0) is 52.0. The predicted molar refractivity (Wildman–Crippen MR) is 332 cm³/mol. The van der Waals surface area contributed by atoms with Crippen molar-refractivity contribution in [1.82, 2.24) is 19.5 Å². The Bertz CT molecular complexity index is 5070. The van der Waals surface area contributed by atoms with Crippen molar-refractivity contribution in [2.24, 2.45) is 0 Å². The average molecular weight is 1000 g/mol. The van der Waals surface area contributed by atoms with Crippen LogP contribution in [0, 0.1) is 0 Å². The van der Waals surface area contributed by atoms with Gasteiger partial charge in [-0.15, -0.1) is 0 Å². The molecular formula is C75H46N4. The summed E-state index contributed by atoms with van der Waals surface area (Å²) in [6.07, 6.45) is 0. The largest absolute Gasteiger partial charge is 0.292 e. The molecule has 0 spiro atoms. The molecule has 366 valence electrons. The minimum absolute atomic E-state index is 0.875. The molecule has 0 bridgehead atoms. The molecule has 13 aromatic carbocycles. The van der Waals surface area contributed by atoms with Gasteiger partial charge in [-0.2, -0.15) is 0 Å². The van der Waals surface area contributed by atoms with Crippen LogP contribution in [-0.2, 0) is 0 Å². The van der Waals surface area contributed by atoms with Gasteiger partial charge in [0.05, 0.1) is 39.1 Å². The molecule has 4 heteroatoms. The fraction of sp³-hybridized carbons (Fsp3) is 0. The first kappa shape index (κ1) is 44.7. The standard InChI is InChI=1S/C75H46N4/c1-3-15-55-45-57(37-27-47(55)13-1)49-25-31-51(32-26-49)71-61-19-7-9-21-63(61)72(64-22-10-8-20-62(64)71)65-41-44-69(60-18-6-5-17-59(60)65)79-70-24-12-11-23-68(70)78-75(79)54-35-29-50(30-36-54)66-42-39-52-33-34-53-40-43-67(77-74(53)73(52)76-66)58-38-28-48-14-2-4-16-56(48)46-58/h1-46H. The predicted octanol–water partition coefficient (Wildman–Crippen LogP) is 19.9. The minimum atomic E-state index is 0.875. The minimum Gasteiger partial charge on any atom is -0.292 e. The van der Waals surface area contributed by atoms with E-state index in [9.17, 15) is 0 Å². The van der Waals surface area contributed by atoms with Crippen molar-refractivity contribution in [2.75, 3.05) is 0 Å². The zero-order valence-corrected chi connectivity index (χ0v) is 42.8. The van der Waals surface area contributed by atoms with Gasteiger partial charge >= 0.3 is 0 Å². The molecule has 0 aliphatic rings. The van der Waals surface area contributed by atoms with E-state index < -0.39 is 0 Å². The Morgan fingerprint density at radius 1 is 0.253 bits per heavy atom. The first-order chi connectivity index (χ1) is 39.1. The molecule has 16 aromatic rings. The van der Waals surface area contributed by atoms with E-state index in [1.54, 1.807) is 0 Å². The number of pyridine rings is 2. The molecule has 0 unspecified atom stereocenters. The molecule has 3 aromatic heterocycles. The van der Waals surface area contributed by atoms with Crippen LogP contribution < -0.4 is 0 Å². The number of imidazole rings is 1. The highest BCUT2D eigenvalue weighted by molar-refractivity contribution is 6.24. The van der Waals surface area contributed by atoms with Crippen molar-refractivity contribution in [1.29, 1.82) is 0 Å². The molecular weight excluding hydrogens is 957 g/mol. The summed E-state index contributed by atoms with van der Waals surface area (Å²) in [5.74, 6) is 0.875. The van der Waals surface area contributed by atoms with Crippen LogP contribution >= 0.6 is 0 Å². The van der Waals surface area contributed by atoms with Crippen molar-refractivity contribution in [2.45, 2.75) is 0 Å². The molecule has 0 saturated heterocycles. The van der Waals surface area contributed by atoms with Crippen LogP contribution in [0.25, 0.3) is 160 Å². The summed E-state index contributed by atoms with van der Waals surface area (Å²) in [4.78, 5) is 15.9. The van der Waals surface area contributed by atoms with Crippen molar-refractivity contribution in [3.63, 3.8) is 0 Å². The molecule has 0 atom stereocenters. The molecule has 16 rings (SSSR count). The van der Waals surface area contributed by atoms with Gasteiger partial charge in [0.25, 0.3) is 0 Å². The Hall–Kier alpha value is -10.6. The van der Waals surface area contributed by atoms with E-state index in [1.807, 2.05) is 0 Å². The molecule has 0 fully saturated rings. The quantitative estimate of drug-likeness (QED) is 0.118. The lowest BCUT2D eigenvalue weighted by atomic mass is 9.84. The molecule has 0 aliphatic heterocycles. The van der Waals surface area contributed by atoms with Crippen LogP contribution in [0.4, 0.5) is 0 Å². The number of aromatic nitrogens is 4. The number of para-hydroxylation sites is 2. The zero-order valence-electron chi connectivity index (χ0n) is 42.8. The number of hydrogen-bond acceptors (Lipinski definition) is 3. The Labute approximate surface area is 455 Å². The highest BCUT2D eigenvalue weighted by atomic mass is 15.1. The highest BCUT2D eigenvalue weighted by Crippen LogP contribution is 2.47. The van der Waals surface area contributed by atoms with Crippen LogP contribution in [0.3, 0.4) is 0 Å². The first-order valence-electron chi connectivity index (χ1n) is 27.0. The van der Waals surface area contributed by atoms with Gasteiger partial charge in [0.2, 0.25) is 0 Å². The van der Waals surface area contributed by atoms with E-state index in [4.69, 9.17) is 15.0 Å². The Kier molecular flexibility index (Phi) is 10.2. The number of hydrogen-bond donors (Lipinski definition) is 0. The third-order valence-electron chi connectivity index (χ3n) is 16.2. The Morgan fingerprint density at radius 2 is 0.696 bits per heavy atom. The fourth-order valence-corrected chi connectivity index (χ4v) is 12.3. The smallest absolute Gasteiger partial charge is 0.145 e. The number of nitrogens with zero attached hydrogens (tertiary/aromatic N) is 4. The Balaban J connectivity index is 0.792. The molecule has 0 amide bonds. The number of fused-ring (bicyclic) bond motifs is 9. The second-order valence-corrected chi connectivity index (χ2v) is 20.7. The van der Waals surface area contributed by atoms with Crippen LogP contribution in [0.1, 0.15) is 0 Å². The van der Waals surface area contributed by atoms with Crippen molar-refractivity contribution in [3.05, 3.63) is 279 Å². The van der Waals surface area contributed by atoms with Gasteiger partial charge < -0.3 is 0 Å². The SMILES string of the molecule is c1ccc2cc(-c3ccc(-c4c5ccccc5c(-c5ccc(-n6c(-c7ccc(-c8ccc9ccc%10ccc(-c%11ccc%12ccccc%12c%11)nc%10c9n8)cc7)nc7ccccc76)c6ccccc56)c5ccccc45)cc3)ccc2c1. The van der Waals surface area contributed by atoms with Crippen molar-refractivity contribution >= 4 is 86.7 Å². The van der Waals surface area contributed by atoms with Gasteiger partial charge in [0, 0.05) is 32.8 Å². The van der Waals surface area contributed by atoms with E-state index in [-0.39, 0.29) is 0 Å². The maximum absolute atomic E-state index is 5.37. The molecule has 79 heavy (non-hydrogen) atoms. The first-order valence-corrected chi connectivity index (χ1v) is 27.0. The van der Waals surface area contributed by atoms with E-state index in [1.165, 1.54) is 81.9 Å². The summed E-state index contributed by atoms with van der Waals surface area (Å²) >= 11 is 0. The van der Waals surface area contributed by atoms with Crippen molar-refractivity contribution < 1.29 is 0 Å². The lowest BCUT2D eigenvalue weighted by Gasteiger charge is -2.20. The molecule has 3 heterocycles. The molecule has 0 radical (unpaired) electrons. The summed E-state index contributed by atoms with van der Waals surface area (Å²) in [5, 5.41) is 14.2. The van der Waals surface area contributed by atoms with Gasteiger partial charge in [-0.25, -0.2) is 15.0 Å². The van der Waals surface area contributed by atoms with Gasteiger partial charge in [-0.1, -0.05) is 237 Å². The maximum atomic E-state index is 5.37. The molecule has 4 nitrogen and oxygen atoms in total. The van der Waals surface area contributed by atoms with Crippen LogP contribution in [-0.4, -0.2) is 19.5 Å². The average Bonchev–Trinajstić information content (AvgIpc) is 3.95. The third-order valence-corrected chi connectivity index (χ3v) is 16.2. The van der Waals surface area contributed by atoms with Gasteiger partial charge in [0.15, 0.2) is 0 Å². The van der Waals surface area contributed by atoms with Gasteiger partial charge in [0.1, 0.15) is 5.82 Å². The molecule has 0 saturated carbocycles. The summed E-state index contributed by atoms with van der Waals surface area (Å²) in [7, 11) is 0. The van der Waals surface area contributed by atoms with Crippen LogP contribution in [0.15, 0.2) is 279 Å². The number of rotatable bonds is 7. The lowest BCUT2D eigenvalue weighted by molar-refractivity contribution is 1.11. The van der Waals surface area contributed by atoms with Gasteiger partial charge in [-0.05, 0) is 124 Å². The van der Waals surface area contributed by atoms with Crippen LogP contribution in [0.2, 0.25) is 0 Å². The van der Waals surface area contributed by atoms with Crippen molar-refractivity contribution in [3.8, 4) is 73.0 Å². The van der Waals surface area contributed by atoms with E-state index in [2.05, 4.69) is 284 Å². The second kappa shape index (κ2) is 18.1. The fourth-order valence-electron chi connectivity index (χ4n) is 12.3. The van der Waals surface area contributed by atoms with E-state index >= 15 is 0 Å². The summed E-state index contributed by atoms with van der Waals surface area (Å²) in [5.41, 5.74) is 17.1. The van der Waals surface area contributed by atoms with Crippen LogP contribution in [0.5, 0.6) is 0 Å². The summed E-state index contributed by atoms with van der Waals surface area (Å²) in [6.45, 7) is 0. The number of benzene rings is 13. The summed E-state index contributed by atoms with van der Waals surface area (Å²) in [6, 6.07) is 101. The second-order valence-electron chi connectivity index (χ2n) is 20.7.